The van der Waals surface area contributed by atoms with E-state index in [-0.39, 0.29) is 5.91 Å². The molecule has 0 spiro atoms. The second kappa shape index (κ2) is 8.43. The van der Waals surface area contributed by atoms with Gasteiger partial charge in [-0.1, -0.05) is 35.5 Å². The fourth-order valence-corrected chi connectivity index (χ4v) is 3.82. The highest BCUT2D eigenvalue weighted by molar-refractivity contribution is 7.99. The quantitative estimate of drug-likeness (QED) is 0.616. The number of rotatable bonds is 5. The second-order valence-corrected chi connectivity index (χ2v) is 7.57. The number of hydrogen-bond donors (Lipinski definition) is 0. The molecule has 0 bridgehead atoms. The molecule has 1 saturated heterocycles. The molecule has 1 N–H and O–H groups in total. The van der Waals surface area contributed by atoms with E-state index in [2.05, 4.69) is 26.1 Å². The molecule has 1 aliphatic heterocycles. The molecule has 3 aromatic rings. The summed E-state index contributed by atoms with van der Waals surface area (Å²) < 4.78 is 5.69. The summed E-state index contributed by atoms with van der Waals surface area (Å²) in [5.74, 6) is 1.95. The minimum atomic E-state index is 0.0944. The average Bonchev–Trinajstić information content (AvgIpc) is 3.22. The lowest BCUT2D eigenvalue weighted by Gasteiger charge is -2.30. The zero-order chi connectivity index (χ0) is 19.3. The highest BCUT2D eigenvalue weighted by Crippen LogP contribution is 2.24. The third-order valence-electron chi connectivity index (χ3n) is 4.66. The monoisotopic (exact) mass is 396 g/mol. The standard InChI is InChI=1S/C20H21N5O2S/c1-15-5-4-6-16(13-15)19-22-23-20(27-19)28-14-18(26)25-11-9-24(10-12-25)17-7-2-3-8-21-17/h2-8,13H,9-12,14H2,1H3/p+1. The molecule has 28 heavy (non-hydrogen) atoms. The number of piperazine rings is 1. The van der Waals surface area contributed by atoms with Crippen LogP contribution in [0.15, 0.2) is 58.3 Å². The van der Waals surface area contributed by atoms with E-state index in [0.29, 0.717) is 30.0 Å². The zero-order valence-corrected chi connectivity index (χ0v) is 16.5. The lowest BCUT2D eigenvalue weighted by molar-refractivity contribution is -0.364. The maximum atomic E-state index is 12.5. The van der Waals surface area contributed by atoms with Gasteiger partial charge < -0.3 is 9.32 Å². The topological polar surface area (TPSA) is 76.6 Å². The number of nitrogens with zero attached hydrogens (tertiary/aromatic N) is 4. The van der Waals surface area contributed by atoms with Crippen molar-refractivity contribution in [2.45, 2.75) is 12.1 Å². The highest BCUT2D eigenvalue weighted by atomic mass is 32.2. The summed E-state index contributed by atoms with van der Waals surface area (Å²) in [5, 5.41) is 8.56. The van der Waals surface area contributed by atoms with Crippen molar-refractivity contribution in [3.8, 4) is 11.5 Å². The maximum absolute atomic E-state index is 12.5. The van der Waals surface area contributed by atoms with Gasteiger partial charge in [-0.3, -0.25) is 9.69 Å². The molecule has 1 amide bonds. The van der Waals surface area contributed by atoms with Gasteiger partial charge in [0.15, 0.2) is 0 Å². The first-order valence-corrected chi connectivity index (χ1v) is 10.2. The van der Waals surface area contributed by atoms with Crippen molar-refractivity contribution in [3.63, 3.8) is 0 Å². The van der Waals surface area contributed by atoms with Gasteiger partial charge in [-0.15, -0.1) is 10.2 Å². The minimum absolute atomic E-state index is 0.0944. The number of nitrogens with one attached hydrogen (secondary N) is 1. The molecular formula is C20H22N5O2S+. The van der Waals surface area contributed by atoms with Gasteiger partial charge in [0.2, 0.25) is 11.8 Å². The van der Waals surface area contributed by atoms with Crippen molar-refractivity contribution in [2.24, 2.45) is 0 Å². The van der Waals surface area contributed by atoms with Gasteiger partial charge in [0.25, 0.3) is 11.0 Å². The first kappa shape index (κ1) is 18.5. The van der Waals surface area contributed by atoms with Gasteiger partial charge in [0.1, 0.15) is 13.1 Å². The highest BCUT2D eigenvalue weighted by Gasteiger charge is 2.26. The molecule has 0 unspecified atom stereocenters. The Kier molecular flexibility index (Phi) is 5.57. The molecule has 8 heteroatoms. The Morgan fingerprint density at radius 3 is 2.75 bits per heavy atom. The van der Waals surface area contributed by atoms with E-state index in [4.69, 9.17) is 4.42 Å². The Morgan fingerprint density at radius 1 is 1.14 bits per heavy atom. The van der Waals surface area contributed by atoms with Gasteiger partial charge in [-0.05, 0) is 25.1 Å². The van der Waals surface area contributed by atoms with E-state index in [1.165, 1.54) is 11.8 Å². The molecule has 0 radical (unpaired) electrons. The number of amides is 1. The Labute approximate surface area is 167 Å². The predicted molar refractivity (Wildman–Crippen MR) is 107 cm³/mol. The number of anilines is 1. The number of benzene rings is 1. The van der Waals surface area contributed by atoms with Gasteiger partial charge >= 0.3 is 0 Å². The Bertz CT molecular complexity index is 939. The lowest BCUT2D eigenvalue weighted by atomic mass is 10.1. The van der Waals surface area contributed by atoms with Crippen LogP contribution >= 0.6 is 11.8 Å². The largest absolute Gasteiger partial charge is 0.411 e. The SMILES string of the molecule is Cc1cccc(-c2nnc(SCC(=O)N3CCN(c4cccc[nH+]4)CC3)o2)c1. The summed E-state index contributed by atoms with van der Waals surface area (Å²) in [6.45, 7) is 5.06. The first-order valence-electron chi connectivity index (χ1n) is 9.22. The van der Waals surface area contributed by atoms with Crippen molar-refractivity contribution >= 4 is 23.5 Å². The molecule has 1 aromatic carbocycles. The molecule has 0 aliphatic carbocycles. The van der Waals surface area contributed by atoms with Crippen LogP contribution in [0.5, 0.6) is 0 Å². The normalized spacial score (nSPS) is 14.3. The van der Waals surface area contributed by atoms with Crippen LogP contribution in [0.1, 0.15) is 5.56 Å². The van der Waals surface area contributed by atoms with Crippen LogP contribution in [-0.4, -0.2) is 52.9 Å². The fraction of sp³-hybridized carbons (Fsp3) is 0.300. The summed E-state index contributed by atoms with van der Waals surface area (Å²) in [7, 11) is 0. The first-order chi connectivity index (χ1) is 13.7. The fourth-order valence-electron chi connectivity index (χ4n) is 3.15. The number of carbonyl (C=O) groups is 1. The van der Waals surface area contributed by atoms with E-state index in [1.807, 2.05) is 54.4 Å². The Morgan fingerprint density at radius 2 is 2.00 bits per heavy atom. The predicted octanol–water partition coefficient (Wildman–Crippen LogP) is 2.30. The van der Waals surface area contributed by atoms with Gasteiger partial charge in [0, 0.05) is 11.6 Å². The minimum Gasteiger partial charge on any atom is -0.411 e. The number of aryl methyl sites for hydroxylation is 1. The van der Waals surface area contributed by atoms with E-state index < -0.39 is 0 Å². The number of H-pyrrole nitrogens is 1. The summed E-state index contributed by atoms with van der Waals surface area (Å²) in [4.78, 5) is 19.9. The van der Waals surface area contributed by atoms with Crippen LogP contribution in [-0.2, 0) is 4.79 Å². The van der Waals surface area contributed by atoms with Crippen LogP contribution in [0.3, 0.4) is 0 Å². The molecule has 3 heterocycles. The molecule has 7 nitrogen and oxygen atoms in total. The van der Waals surface area contributed by atoms with E-state index in [1.54, 1.807) is 0 Å². The number of thioether (sulfide) groups is 1. The molecular weight excluding hydrogens is 374 g/mol. The van der Waals surface area contributed by atoms with Crippen molar-refractivity contribution in [2.75, 3.05) is 36.8 Å². The number of aromatic nitrogens is 3. The average molecular weight is 396 g/mol. The summed E-state index contributed by atoms with van der Waals surface area (Å²) in [6, 6.07) is 13.9. The molecule has 1 fully saturated rings. The number of hydrogen-bond acceptors (Lipinski definition) is 6. The molecule has 2 aromatic heterocycles. The molecule has 0 atom stereocenters. The summed E-state index contributed by atoms with van der Waals surface area (Å²) in [5.41, 5.74) is 2.02. The van der Waals surface area contributed by atoms with Crippen molar-refractivity contribution in [1.29, 1.82) is 0 Å². The van der Waals surface area contributed by atoms with Crippen LogP contribution in [0.4, 0.5) is 5.82 Å². The lowest BCUT2D eigenvalue weighted by Crippen LogP contribution is -2.50. The maximum Gasteiger partial charge on any atom is 0.277 e. The number of aromatic amines is 1. The van der Waals surface area contributed by atoms with Gasteiger partial charge in [-0.2, -0.15) is 0 Å². The third kappa shape index (κ3) is 4.33. The van der Waals surface area contributed by atoms with Crippen LogP contribution in [0.2, 0.25) is 0 Å². The van der Waals surface area contributed by atoms with E-state index >= 15 is 0 Å². The van der Waals surface area contributed by atoms with Gasteiger partial charge in [0.05, 0.1) is 25.0 Å². The van der Waals surface area contributed by atoms with Crippen molar-refractivity contribution < 1.29 is 14.2 Å². The van der Waals surface area contributed by atoms with Crippen LogP contribution in [0, 0.1) is 6.92 Å². The van der Waals surface area contributed by atoms with Crippen molar-refractivity contribution in [1.82, 2.24) is 15.1 Å². The zero-order valence-electron chi connectivity index (χ0n) is 15.7. The summed E-state index contributed by atoms with van der Waals surface area (Å²) in [6.07, 6.45) is 1.92. The molecule has 4 rings (SSSR count). The third-order valence-corrected chi connectivity index (χ3v) is 5.46. The smallest absolute Gasteiger partial charge is 0.277 e. The van der Waals surface area contributed by atoms with Crippen LogP contribution in [0.25, 0.3) is 11.5 Å². The summed E-state index contributed by atoms with van der Waals surface area (Å²) >= 11 is 1.29. The second-order valence-electron chi connectivity index (χ2n) is 6.65. The Balaban J connectivity index is 1.28. The molecule has 1 aliphatic rings. The Hall–Kier alpha value is -2.87. The van der Waals surface area contributed by atoms with Crippen LogP contribution < -0.4 is 9.88 Å². The number of pyridine rings is 1. The molecule has 144 valence electrons. The van der Waals surface area contributed by atoms with Crippen molar-refractivity contribution in [3.05, 3.63) is 54.2 Å². The van der Waals surface area contributed by atoms with Gasteiger partial charge in [-0.25, -0.2) is 4.98 Å². The molecule has 0 saturated carbocycles. The number of carbonyl (C=O) groups excluding carboxylic acids is 1. The van der Waals surface area contributed by atoms with E-state index in [0.717, 1.165) is 30.0 Å². The van der Waals surface area contributed by atoms with E-state index in [9.17, 15) is 4.79 Å².